The fraction of sp³-hybridized carbons (Fsp3) is 0.700. The van der Waals surface area contributed by atoms with E-state index in [0.717, 1.165) is 18.1 Å². The van der Waals surface area contributed by atoms with E-state index >= 15 is 0 Å². The Morgan fingerprint density at radius 3 is 2.84 bits per heavy atom. The lowest BCUT2D eigenvalue weighted by Gasteiger charge is -2.36. The lowest BCUT2D eigenvalue weighted by Crippen LogP contribution is -2.49. The molecule has 0 radical (unpaired) electrons. The highest BCUT2D eigenvalue weighted by atomic mass is 32.2. The molecule has 108 valence electrons. The summed E-state index contributed by atoms with van der Waals surface area (Å²) >= 11 is 2.44. The van der Waals surface area contributed by atoms with Crippen LogP contribution < -0.4 is 11.3 Å². The minimum absolute atomic E-state index is 0.0743. The molecule has 0 bridgehead atoms. The molecule has 4 nitrogen and oxygen atoms in total. The molecular weight excluding hydrogens is 297 g/mol. The Hall–Kier alpha value is -0.350. The first-order valence-electron chi connectivity index (χ1n) is 5.70. The Labute approximate surface area is 117 Å². The maximum absolute atomic E-state index is 12.6. The maximum atomic E-state index is 12.6. The molecule has 0 aliphatic carbocycles. The molecule has 1 saturated heterocycles. The molecule has 1 aliphatic rings. The van der Waals surface area contributed by atoms with Gasteiger partial charge in [-0.25, -0.2) is 4.98 Å². The van der Waals surface area contributed by atoms with E-state index in [1.54, 1.807) is 11.8 Å². The predicted octanol–water partition coefficient (Wildman–Crippen LogP) is 1.71. The normalized spacial score (nSPS) is 23.5. The highest BCUT2D eigenvalue weighted by Crippen LogP contribution is 2.36. The fourth-order valence-corrected chi connectivity index (χ4v) is 4.17. The molecule has 1 fully saturated rings. The summed E-state index contributed by atoms with van der Waals surface area (Å²) in [5, 5.41) is -0.825. The number of aromatic nitrogens is 1. The maximum Gasteiger partial charge on any atom is 0.443 e. The van der Waals surface area contributed by atoms with Crippen LogP contribution in [0.1, 0.15) is 15.9 Å². The van der Waals surface area contributed by atoms with Gasteiger partial charge in [-0.2, -0.15) is 24.9 Å². The van der Waals surface area contributed by atoms with E-state index in [1.807, 2.05) is 7.05 Å². The van der Waals surface area contributed by atoms with Crippen LogP contribution in [0.5, 0.6) is 0 Å². The van der Waals surface area contributed by atoms with Gasteiger partial charge in [0, 0.05) is 35.2 Å². The Morgan fingerprint density at radius 1 is 1.58 bits per heavy atom. The van der Waals surface area contributed by atoms with Gasteiger partial charge in [-0.15, -0.1) is 11.3 Å². The van der Waals surface area contributed by atoms with Crippen LogP contribution in [-0.4, -0.2) is 41.0 Å². The summed E-state index contributed by atoms with van der Waals surface area (Å²) < 4.78 is 37.7. The molecule has 2 heterocycles. The minimum atomic E-state index is -4.39. The van der Waals surface area contributed by atoms with Crippen LogP contribution in [0.4, 0.5) is 13.2 Å². The summed E-state index contributed by atoms with van der Waals surface area (Å²) in [7, 11) is 1.96. The molecule has 9 heteroatoms. The minimum Gasteiger partial charge on any atom is -0.300 e. The SMILES string of the molecule is CN1CCSCC1C(NN)c1cnc(C(F)(F)F)s1. The number of nitrogens with two attached hydrogens (primary N) is 1. The molecule has 0 amide bonds. The summed E-state index contributed by atoms with van der Waals surface area (Å²) in [6, 6.07) is -0.253. The van der Waals surface area contributed by atoms with Gasteiger partial charge in [-0.3, -0.25) is 16.2 Å². The molecule has 2 rings (SSSR count). The van der Waals surface area contributed by atoms with E-state index in [2.05, 4.69) is 15.3 Å². The van der Waals surface area contributed by atoms with Crippen molar-refractivity contribution in [2.24, 2.45) is 5.84 Å². The van der Waals surface area contributed by atoms with Crippen molar-refractivity contribution in [2.45, 2.75) is 18.3 Å². The molecule has 19 heavy (non-hydrogen) atoms. The van der Waals surface area contributed by atoms with Crippen molar-refractivity contribution in [3.8, 4) is 0 Å². The Kier molecular flexibility index (Phi) is 4.72. The van der Waals surface area contributed by atoms with Gasteiger partial charge in [0.05, 0.1) is 6.04 Å². The lowest BCUT2D eigenvalue weighted by atomic mass is 10.1. The van der Waals surface area contributed by atoms with E-state index in [9.17, 15) is 13.2 Å². The Morgan fingerprint density at radius 2 is 2.32 bits per heavy atom. The van der Waals surface area contributed by atoms with Gasteiger partial charge in [0.15, 0.2) is 5.01 Å². The summed E-state index contributed by atoms with van der Waals surface area (Å²) in [6.07, 6.45) is -3.12. The first-order chi connectivity index (χ1) is 8.93. The zero-order valence-electron chi connectivity index (χ0n) is 10.3. The van der Waals surface area contributed by atoms with Crippen LogP contribution in [0, 0.1) is 0 Å². The van der Waals surface area contributed by atoms with Crippen molar-refractivity contribution in [1.82, 2.24) is 15.3 Å². The third-order valence-corrected chi connectivity index (χ3v) is 5.25. The van der Waals surface area contributed by atoms with E-state index in [0.29, 0.717) is 16.2 Å². The molecule has 1 aliphatic heterocycles. The van der Waals surface area contributed by atoms with Gasteiger partial charge in [-0.05, 0) is 7.05 Å². The fourth-order valence-electron chi connectivity index (χ4n) is 2.00. The standard InChI is InChI=1S/C10H15F3N4S2/c1-17-2-3-18-5-6(17)8(16-14)7-4-15-9(19-7)10(11,12)13/h4,6,8,16H,2-3,5,14H2,1H3. The summed E-state index contributed by atoms with van der Waals surface area (Å²) in [5.74, 6) is 7.39. The first kappa shape index (κ1) is 15.0. The average molecular weight is 312 g/mol. The predicted molar refractivity (Wildman–Crippen MR) is 70.9 cm³/mol. The number of nitrogens with zero attached hydrogens (tertiary/aromatic N) is 2. The first-order valence-corrected chi connectivity index (χ1v) is 7.67. The summed E-state index contributed by atoms with van der Waals surface area (Å²) in [5.41, 5.74) is 2.63. The van der Waals surface area contributed by atoms with E-state index in [4.69, 9.17) is 5.84 Å². The smallest absolute Gasteiger partial charge is 0.300 e. The second-order valence-corrected chi connectivity index (χ2v) is 6.54. The molecule has 0 saturated carbocycles. The largest absolute Gasteiger partial charge is 0.443 e. The van der Waals surface area contributed by atoms with Crippen LogP contribution in [-0.2, 0) is 6.18 Å². The van der Waals surface area contributed by atoms with Crippen molar-refractivity contribution in [2.75, 3.05) is 25.1 Å². The van der Waals surface area contributed by atoms with Crippen molar-refractivity contribution < 1.29 is 13.2 Å². The van der Waals surface area contributed by atoms with Crippen LogP contribution in [0.25, 0.3) is 0 Å². The monoisotopic (exact) mass is 312 g/mol. The zero-order chi connectivity index (χ0) is 14.0. The number of likely N-dealkylation sites (N-methyl/N-ethyl adjacent to an activating group) is 1. The number of alkyl halides is 3. The number of hydrogen-bond donors (Lipinski definition) is 2. The molecule has 2 atom stereocenters. The number of thiazole rings is 1. The van der Waals surface area contributed by atoms with Crippen LogP contribution in [0.3, 0.4) is 0 Å². The number of nitrogens with one attached hydrogen (secondary N) is 1. The van der Waals surface area contributed by atoms with Crippen molar-refractivity contribution >= 4 is 23.1 Å². The third-order valence-electron chi connectivity index (χ3n) is 3.08. The Bertz CT molecular complexity index is 423. The number of thioether (sulfide) groups is 1. The Balaban J connectivity index is 2.19. The van der Waals surface area contributed by atoms with Crippen LogP contribution in [0.15, 0.2) is 6.20 Å². The van der Waals surface area contributed by atoms with Crippen LogP contribution >= 0.6 is 23.1 Å². The second kappa shape index (κ2) is 5.96. The van der Waals surface area contributed by atoms with Gasteiger partial charge >= 0.3 is 6.18 Å². The van der Waals surface area contributed by atoms with E-state index in [-0.39, 0.29) is 12.1 Å². The molecule has 1 aromatic rings. The van der Waals surface area contributed by atoms with Gasteiger partial charge in [0.2, 0.25) is 0 Å². The summed E-state index contributed by atoms with van der Waals surface area (Å²) in [6.45, 7) is 0.901. The molecule has 1 aromatic heterocycles. The highest BCUT2D eigenvalue weighted by molar-refractivity contribution is 7.99. The average Bonchev–Trinajstić information content (AvgIpc) is 2.82. The zero-order valence-corrected chi connectivity index (χ0v) is 11.9. The number of rotatable bonds is 3. The highest BCUT2D eigenvalue weighted by Gasteiger charge is 2.37. The quantitative estimate of drug-likeness (QED) is 0.657. The van der Waals surface area contributed by atoms with Crippen molar-refractivity contribution in [1.29, 1.82) is 0 Å². The second-order valence-electron chi connectivity index (χ2n) is 4.33. The number of hydrogen-bond acceptors (Lipinski definition) is 6. The van der Waals surface area contributed by atoms with E-state index in [1.165, 1.54) is 6.20 Å². The third kappa shape index (κ3) is 3.40. The van der Waals surface area contributed by atoms with Gasteiger partial charge in [0.25, 0.3) is 0 Å². The molecular formula is C10H15F3N4S2. The molecule has 0 aromatic carbocycles. The number of hydrazine groups is 1. The van der Waals surface area contributed by atoms with Crippen LogP contribution in [0.2, 0.25) is 0 Å². The number of halogens is 3. The van der Waals surface area contributed by atoms with Crippen molar-refractivity contribution in [3.05, 3.63) is 16.1 Å². The van der Waals surface area contributed by atoms with Gasteiger partial charge in [0.1, 0.15) is 0 Å². The molecule has 3 N–H and O–H groups in total. The summed E-state index contributed by atoms with van der Waals surface area (Å²) in [4.78, 5) is 6.09. The van der Waals surface area contributed by atoms with Crippen molar-refractivity contribution in [3.63, 3.8) is 0 Å². The van der Waals surface area contributed by atoms with Gasteiger partial charge in [-0.1, -0.05) is 0 Å². The molecule has 0 spiro atoms. The molecule has 2 unspecified atom stereocenters. The van der Waals surface area contributed by atoms with E-state index < -0.39 is 11.2 Å². The topological polar surface area (TPSA) is 54.2 Å². The van der Waals surface area contributed by atoms with Gasteiger partial charge < -0.3 is 0 Å². The lowest BCUT2D eigenvalue weighted by molar-refractivity contribution is -0.137.